The quantitative estimate of drug-likeness (QED) is 0.570. The molecule has 0 spiro atoms. The molecule has 0 fully saturated rings. The lowest BCUT2D eigenvalue weighted by molar-refractivity contribution is -0.131. The van der Waals surface area contributed by atoms with Gasteiger partial charge in [0.1, 0.15) is 17.5 Å². The van der Waals surface area contributed by atoms with Crippen molar-refractivity contribution in [3.63, 3.8) is 0 Å². The molecular formula is C20H15F3O2S. The molecule has 3 rings (SSSR count). The number of halogens is 3. The molecule has 0 bridgehead atoms. The van der Waals surface area contributed by atoms with Crippen molar-refractivity contribution in [2.75, 3.05) is 0 Å². The van der Waals surface area contributed by atoms with Gasteiger partial charge in [0.15, 0.2) is 0 Å². The molecule has 26 heavy (non-hydrogen) atoms. The van der Waals surface area contributed by atoms with Crippen LogP contribution in [0.25, 0.3) is 0 Å². The molecule has 0 aliphatic heterocycles. The summed E-state index contributed by atoms with van der Waals surface area (Å²) < 4.78 is 46.1. The van der Waals surface area contributed by atoms with Crippen LogP contribution < -0.4 is 0 Å². The van der Waals surface area contributed by atoms with Crippen LogP contribution in [0.4, 0.5) is 13.2 Å². The van der Waals surface area contributed by atoms with E-state index in [-0.39, 0.29) is 0 Å². The normalized spacial score (nSPS) is 11.8. The number of hydrogen-bond donors (Lipinski definition) is 0. The molecule has 0 unspecified atom stereocenters. The fourth-order valence-corrected chi connectivity index (χ4v) is 5.62. The number of carbonyl (C=O) groups is 1. The average molecular weight is 376 g/mol. The van der Waals surface area contributed by atoms with E-state index in [1.165, 1.54) is 79.7 Å². The summed E-state index contributed by atoms with van der Waals surface area (Å²) in [5.74, 6) is -1.88. The zero-order chi connectivity index (χ0) is 18.7. The highest BCUT2D eigenvalue weighted by atomic mass is 32.3. The molecule has 0 aromatic heterocycles. The molecule has 6 heteroatoms. The Bertz CT molecular complexity index is 796. The van der Waals surface area contributed by atoms with Crippen molar-refractivity contribution in [3.8, 4) is 0 Å². The lowest BCUT2D eigenvalue weighted by Crippen LogP contribution is -2.11. The van der Waals surface area contributed by atoms with Crippen molar-refractivity contribution in [2.24, 2.45) is 0 Å². The van der Waals surface area contributed by atoms with Crippen LogP contribution in [0, 0.1) is 17.5 Å². The van der Waals surface area contributed by atoms with Gasteiger partial charge in [-0.1, -0.05) is 0 Å². The molecule has 0 aliphatic rings. The summed E-state index contributed by atoms with van der Waals surface area (Å²) in [7, 11) is -2.63. The van der Waals surface area contributed by atoms with Gasteiger partial charge >= 0.3 is 5.97 Å². The number of rotatable bonds is 4. The Balaban J connectivity index is 2.33. The maximum Gasteiger partial charge on any atom is 0.313 e. The smallest absolute Gasteiger partial charge is 0.313 e. The predicted octanol–water partition coefficient (Wildman–Crippen LogP) is 5.86. The van der Waals surface area contributed by atoms with Crippen molar-refractivity contribution < 1.29 is 22.1 Å². The van der Waals surface area contributed by atoms with E-state index in [9.17, 15) is 18.0 Å². The van der Waals surface area contributed by atoms with Crippen molar-refractivity contribution in [1.82, 2.24) is 0 Å². The molecule has 0 aliphatic carbocycles. The number of hydrogen-bond acceptors (Lipinski definition) is 2. The zero-order valence-corrected chi connectivity index (χ0v) is 14.6. The maximum atomic E-state index is 13.5. The van der Waals surface area contributed by atoms with E-state index < -0.39 is 33.7 Å². The molecule has 3 aromatic carbocycles. The van der Waals surface area contributed by atoms with E-state index in [1.807, 2.05) is 0 Å². The van der Waals surface area contributed by atoms with E-state index in [2.05, 4.69) is 0 Å². The highest BCUT2D eigenvalue weighted by Gasteiger charge is 2.35. The van der Waals surface area contributed by atoms with E-state index in [1.54, 1.807) is 0 Å². The Labute approximate surface area is 150 Å². The molecule has 0 radical (unpaired) electrons. The second kappa shape index (κ2) is 7.25. The summed E-state index contributed by atoms with van der Waals surface area (Å²) in [6.07, 6.45) is 0. The van der Waals surface area contributed by atoms with Crippen LogP contribution in [-0.2, 0) is 8.98 Å². The first-order valence-electron chi connectivity index (χ1n) is 7.72. The first kappa shape index (κ1) is 18.1. The van der Waals surface area contributed by atoms with E-state index in [0.29, 0.717) is 14.7 Å². The largest absolute Gasteiger partial charge is 0.402 e. The molecule has 2 nitrogen and oxygen atoms in total. The summed E-state index contributed by atoms with van der Waals surface area (Å²) in [5.41, 5.74) is 0. The van der Waals surface area contributed by atoms with Crippen LogP contribution in [0.3, 0.4) is 0 Å². The topological polar surface area (TPSA) is 26.3 Å². The Morgan fingerprint density at radius 1 is 0.654 bits per heavy atom. The van der Waals surface area contributed by atoms with Gasteiger partial charge in [-0.25, -0.2) is 13.2 Å². The van der Waals surface area contributed by atoms with Crippen LogP contribution in [0.5, 0.6) is 0 Å². The van der Waals surface area contributed by atoms with Gasteiger partial charge in [-0.15, -0.1) is 0 Å². The Morgan fingerprint density at radius 3 is 1.15 bits per heavy atom. The highest BCUT2D eigenvalue weighted by Crippen LogP contribution is 2.69. The van der Waals surface area contributed by atoms with Gasteiger partial charge < -0.3 is 4.18 Å². The van der Waals surface area contributed by atoms with Crippen LogP contribution in [0.2, 0.25) is 0 Å². The van der Waals surface area contributed by atoms with E-state index in [4.69, 9.17) is 4.18 Å². The Kier molecular flexibility index (Phi) is 5.04. The van der Waals surface area contributed by atoms with Crippen LogP contribution in [0.15, 0.2) is 87.5 Å². The molecule has 0 saturated carbocycles. The average Bonchev–Trinajstić information content (AvgIpc) is 2.62. The summed E-state index contributed by atoms with van der Waals surface area (Å²) in [5, 5.41) is 0. The third kappa shape index (κ3) is 3.46. The van der Waals surface area contributed by atoms with Gasteiger partial charge in [0, 0.05) is 21.6 Å². The molecule has 0 N–H and O–H groups in total. The monoisotopic (exact) mass is 376 g/mol. The SMILES string of the molecule is CC(=O)OS(c1ccc(F)cc1)(c1ccc(F)cc1)c1ccc(F)cc1. The molecule has 0 atom stereocenters. The molecule has 0 heterocycles. The van der Waals surface area contributed by atoms with Gasteiger partial charge in [-0.05, 0) is 83.1 Å². The number of benzene rings is 3. The third-order valence-electron chi connectivity index (χ3n) is 3.68. The van der Waals surface area contributed by atoms with Crippen molar-refractivity contribution in [3.05, 3.63) is 90.2 Å². The summed E-state index contributed by atoms with van der Waals surface area (Å²) >= 11 is 0. The predicted molar refractivity (Wildman–Crippen MR) is 93.4 cm³/mol. The standard InChI is InChI=1S/C20H15F3O2S/c1-14(24)25-26(18-8-2-15(21)3-9-18,19-10-4-16(22)5-11-19)20-12-6-17(23)7-13-20/h2-13H,1H3. The van der Waals surface area contributed by atoms with Gasteiger partial charge in [0.05, 0.1) is 0 Å². The van der Waals surface area contributed by atoms with Crippen molar-refractivity contribution >= 4 is 16.3 Å². The molecule has 3 aromatic rings. The highest BCUT2D eigenvalue weighted by molar-refractivity contribution is 8.30. The van der Waals surface area contributed by atoms with Gasteiger partial charge in [-0.2, -0.15) is 0 Å². The van der Waals surface area contributed by atoms with Crippen molar-refractivity contribution in [1.29, 1.82) is 0 Å². The summed E-state index contributed by atoms with van der Waals surface area (Å²) in [6.45, 7) is 1.26. The summed E-state index contributed by atoms with van der Waals surface area (Å²) in [4.78, 5) is 13.6. The summed E-state index contributed by atoms with van der Waals surface area (Å²) in [6, 6.07) is 16.6. The fourth-order valence-electron chi connectivity index (χ4n) is 2.61. The molecular weight excluding hydrogens is 361 g/mol. The van der Waals surface area contributed by atoms with E-state index in [0.717, 1.165) is 0 Å². The number of carbonyl (C=O) groups excluding carboxylic acids is 1. The first-order valence-corrected chi connectivity index (χ1v) is 9.28. The van der Waals surface area contributed by atoms with Gasteiger partial charge in [0.2, 0.25) is 0 Å². The minimum absolute atomic E-state index is 0.442. The van der Waals surface area contributed by atoms with Crippen LogP contribution >= 0.6 is 10.3 Å². The van der Waals surface area contributed by atoms with E-state index >= 15 is 0 Å². The molecule has 0 amide bonds. The lowest BCUT2D eigenvalue weighted by Gasteiger charge is -2.39. The second-order valence-corrected chi connectivity index (χ2v) is 8.19. The maximum absolute atomic E-state index is 13.5. The van der Waals surface area contributed by atoms with Gasteiger partial charge in [0.25, 0.3) is 0 Å². The minimum Gasteiger partial charge on any atom is -0.402 e. The van der Waals surface area contributed by atoms with Gasteiger partial charge in [-0.3, -0.25) is 4.79 Å². The Hall–Kier alpha value is -2.73. The third-order valence-corrected chi connectivity index (χ3v) is 6.97. The van der Waals surface area contributed by atoms with Crippen LogP contribution in [0.1, 0.15) is 6.92 Å². The second-order valence-electron chi connectivity index (χ2n) is 5.49. The van der Waals surface area contributed by atoms with Crippen molar-refractivity contribution in [2.45, 2.75) is 21.6 Å². The minimum atomic E-state index is -2.63. The zero-order valence-electron chi connectivity index (χ0n) is 13.8. The van der Waals surface area contributed by atoms with Crippen LogP contribution in [-0.4, -0.2) is 5.97 Å². The molecule has 0 saturated heterocycles. The fraction of sp³-hybridized carbons (Fsp3) is 0.0500. The first-order chi connectivity index (χ1) is 12.4. The molecule has 134 valence electrons. The lowest BCUT2D eigenvalue weighted by atomic mass is 10.3. The Morgan fingerprint density at radius 2 is 0.923 bits per heavy atom.